The van der Waals surface area contributed by atoms with Crippen molar-refractivity contribution in [1.82, 2.24) is 20.9 Å². The second-order valence-electron chi connectivity index (χ2n) is 9.77. The number of hydrogen-bond donors (Lipinski definition) is 11. The van der Waals surface area contributed by atoms with Gasteiger partial charge in [-0.3, -0.25) is 24.4 Å². The number of guanidine groups is 2. The quantitative estimate of drug-likeness (QED) is 0.0364. The molecule has 0 saturated carbocycles. The highest BCUT2D eigenvalue weighted by atomic mass is 32.1. The van der Waals surface area contributed by atoms with Gasteiger partial charge in [-0.15, -0.1) is 0 Å². The van der Waals surface area contributed by atoms with Crippen molar-refractivity contribution in [2.45, 2.75) is 56.3 Å². The molecule has 1 aromatic carbocycles. The Labute approximate surface area is 254 Å². The predicted molar refractivity (Wildman–Crippen MR) is 167 cm³/mol. The van der Waals surface area contributed by atoms with Crippen LogP contribution >= 0.6 is 12.6 Å². The number of aromatic amines is 1. The monoisotopic (exact) mass is 619 g/mol. The molecule has 0 saturated heterocycles. The summed E-state index contributed by atoms with van der Waals surface area (Å²) in [6.07, 6.45) is 2.46. The Kier molecular flexibility index (Phi) is 14.1. The van der Waals surface area contributed by atoms with Crippen LogP contribution in [0, 0.1) is 0 Å². The third kappa shape index (κ3) is 11.7. The topological polar surface area (TPSA) is 295 Å². The van der Waals surface area contributed by atoms with Gasteiger partial charge in [-0.2, -0.15) is 12.6 Å². The lowest BCUT2D eigenvalue weighted by molar-refractivity contribution is -0.142. The van der Waals surface area contributed by atoms with Crippen LogP contribution in [0.5, 0.6) is 0 Å². The zero-order chi connectivity index (χ0) is 31.9. The number of aliphatic carboxylic acids is 1. The molecule has 0 aliphatic heterocycles. The number of carbonyl (C=O) groups is 4. The molecule has 0 radical (unpaired) electrons. The van der Waals surface area contributed by atoms with Crippen molar-refractivity contribution in [2.24, 2.45) is 38.7 Å². The normalized spacial score (nSPS) is 13.6. The average Bonchev–Trinajstić information content (AvgIpc) is 3.37. The van der Waals surface area contributed by atoms with E-state index in [9.17, 15) is 24.3 Å². The second-order valence-corrected chi connectivity index (χ2v) is 10.1. The zero-order valence-corrected chi connectivity index (χ0v) is 24.6. The van der Waals surface area contributed by atoms with Crippen molar-refractivity contribution < 1.29 is 24.3 Å². The van der Waals surface area contributed by atoms with E-state index in [1.165, 1.54) is 0 Å². The number of fused-ring (bicyclic) bond motifs is 1. The number of amides is 3. The number of carbonyl (C=O) groups excluding carboxylic acids is 3. The first-order chi connectivity index (χ1) is 20.4. The van der Waals surface area contributed by atoms with Crippen LogP contribution in [0.15, 0.2) is 40.4 Å². The van der Waals surface area contributed by atoms with Gasteiger partial charge in [0.05, 0.1) is 6.04 Å². The smallest absolute Gasteiger partial charge is 0.326 e. The molecule has 1 aromatic heterocycles. The summed E-state index contributed by atoms with van der Waals surface area (Å²) >= 11 is 4.02. The highest BCUT2D eigenvalue weighted by Crippen LogP contribution is 2.19. The maximum absolute atomic E-state index is 13.4. The van der Waals surface area contributed by atoms with E-state index in [-0.39, 0.29) is 56.4 Å². The summed E-state index contributed by atoms with van der Waals surface area (Å²) in [4.78, 5) is 62.2. The molecule has 2 aromatic rings. The van der Waals surface area contributed by atoms with Gasteiger partial charge in [-0.1, -0.05) is 18.2 Å². The molecule has 0 fully saturated rings. The summed E-state index contributed by atoms with van der Waals surface area (Å²) in [5, 5.41) is 18.5. The molecule has 15 N–H and O–H groups in total. The Balaban J connectivity index is 2.23. The summed E-state index contributed by atoms with van der Waals surface area (Å²) in [5.41, 5.74) is 28.7. The maximum atomic E-state index is 13.4. The number of para-hydroxylation sites is 1. The molecule has 0 aliphatic carbocycles. The molecular formula is C26H41N11O5S. The molecule has 3 amide bonds. The highest BCUT2D eigenvalue weighted by molar-refractivity contribution is 7.80. The number of H-pyrrole nitrogens is 1. The largest absolute Gasteiger partial charge is 0.480 e. The van der Waals surface area contributed by atoms with Crippen LogP contribution in [0.25, 0.3) is 10.9 Å². The Morgan fingerprint density at radius 1 is 0.837 bits per heavy atom. The van der Waals surface area contributed by atoms with E-state index in [0.717, 1.165) is 10.9 Å². The highest BCUT2D eigenvalue weighted by Gasteiger charge is 2.30. The molecular weight excluding hydrogens is 578 g/mol. The number of carboxylic acid groups (broad SMARTS) is 1. The van der Waals surface area contributed by atoms with Gasteiger partial charge in [0.15, 0.2) is 11.9 Å². The first-order valence-electron chi connectivity index (χ1n) is 13.6. The van der Waals surface area contributed by atoms with Crippen molar-refractivity contribution in [3.8, 4) is 0 Å². The van der Waals surface area contributed by atoms with Gasteiger partial charge in [0.1, 0.15) is 18.1 Å². The third-order valence-corrected chi connectivity index (χ3v) is 6.80. The molecule has 236 valence electrons. The Morgan fingerprint density at radius 3 is 1.86 bits per heavy atom. The number of carboxylic acids is 1. The van der Waals surface area contributed by atoms with Crippen LogP contribution in [-0.4, -0.2) is 88.7 Å². The van der Waals surface area contributed by atoms with Crippen LogP contribution in [0.2, 0.25) is 0 Å². The lowest BCUT2D eigenvalue weighted by atomic mass is 10.0. The van der Waals surface area contributed by atoms with E-state index < -0.39 is 47.9 Å². The lowest BCUT2D eigenvalue weighted by Crippen LogP contribution is -2.57. The summed E-state index contributed by atoms with van der Waals surface area (Å²) in [6, 6.07) is 2.82. The molecule has 4 unspecified atom stereocenters. The third-order valence-electron chi connectivity index (χ3n) is 6.40. The molecule has 17 heteroatoms. The molecule has 0 spiro atoms. The minimum Gasteiger partial charge on any atom is -0.480 e. The van der Waals surface area contributed by atoms with Gasteiger partial charge in [0.2, 0.25) is 17.7 Å². The van der Waals surface area contributed by atoms with Crippen molar-refractivity contribution in [3.63, 3.8) is 0 Å². The van der Waals surface area contributed by atoms with Gasteiger partial charge in [-0.25, -0.2) is 4.79 Å². The zero-order valence-electron chi connectivity index (χ0n) is 23.7. The summed E-state index contributed by atoms with van der Waals surface area (Å²) in [5.74, 6) is -3.51. The van der Waals surface area contributed by atoms with Crippen molar-refractivity contribution in [3.05, 3.63) is 36.0 Å². The minimum absolute atomic E-state index is 0.00908. The number of benzene rings is 1. The summed E-state index contributed by atoms with van der Waals surface area (Å²) < 4.78 is 0. The fourth-order valence-corrected chi connectivity index (χ4v) is 4.34. The van der Waals surface area contributed by atoms with Gasteiger partial charge >= 0.3 is 5.97 Å². The first kappa shape index (κ1) is 34.7. The molecule has 4 atom stereocenters. The first-order valence-corrected chi connectivity index (χ1v) is 14.2. The minimum atomic E-state index is -1.30. The summed E-state index contributed by atoms with van der Waals surface area (Å²) in [7, 11) is 0. The fourth-order valence-electron chi connectivity index (χ4n) is 4.17. The van der Waals surface area contributed by atoms with Crippen LogP contribution in [0.3, 0.4) is 0 Å². The van der Waals surface area contributed by atoms with Crippen molar-refractivity contribution in [2.75, 3.05) is 18.8 Å². The lowest BCUT2D eigenvalue weighted by Gasteiger charge is -2.25. The number of aliphatic imine (C=N–C) groups is 2. The van der Waals surface area contributed by atoms with Crippen LogP contribution in [0.4, 0.5) is 0 Å². The van der Waals surface area contributed by atoms with Gasteiger partial charge < -0.3 is 54.7 Å². The van der Waals surface area contributed by atoms with Gasteiger partial charge in [-0.05, 0) is 37.3 Å². The summed E-state index contributed by atoms with van der Waals surface area (Å²) in [6.45, 7) is 0.353. The second kappa shape index (κ2) is 17.4. The number of aromatic nitrogens is 1. The number of nitrogens with two attached hydrogens (primary N) is 5. The van der Waals surface area contributed by atoms with Crippen LogP contribution < -0.4 is 44.6 Å². The van der Waals surface area contributed by atoms with E-state index in [2.05, 4.69) is 43.5 Å². The van der Waals surface area contributed by atoms with Crippen molar-refractivity contribution in [1.29, 1.82) is 0 Å². The van der Waals surface area contributed by atoms with Gasteiger partial charge in [0, 0.05) is 42.4 Å². The van der Waals surface area contributed by atoms with E-state index in [4.69, 9.17) is 28.7 Å². The van der Waals surface area contributed by atoms with E-state index in [1.54, 1.807) is 6.20 Å². The molecule has 16 nitrogen and oxygen atoms in total. The number of nitrogens with one attached hydrogen (secondary N) is 4. The number of nitrogens with zero attached hydrogens (tertiary/aromatic N) is 2. The molecule has 2 rings (SSSR count). The predicted octanol–water partition coefficient (Wildman–Crippen LogP) is -2.39. The van der Waals surface area contributed by atoms with Crippen LogP contribution in [0.1, 0.15) is 31.2 Å². The maximum Gasteiger partial charge on any atom is 0.326 e. The van der Waals surface area contributed by atoms with Gasteiger partial charge in [0.25, 0.3) is 0 Å². The average molecular weight is 620 g/mol. The standard InChI is InChI=1S/C26H41N11O5S/c27-16(13-43)21(38)35-18(7-3-9-32-25(28)29)22(39)36-19(8-4-10-33-26(30)31)23(40)37-20(24(41)42)11-14-12-34-17-6-2-1-5-15(14)17/h1-2,5-6,12,16,18-20,34,43H,3-4,7-11,13,27H2,(H,35,38)(H,36,39)(H,37,40)(H,41,42)(H4,28,29,32)(H4,30,31,33). The van der Waals surface area contributed by atoms with Crippen LogP contribution in [-0.2, 0) is 25.6 Å². The fraction of sp³-hybridized carbons (Fsp3) is 0.462. The van der Waals surface area contributed by atoms with Crippen molar-refractivity contribution >= 4 is 59.1 Å². The van der Waals surface area contributed by atoms with E-state index in [1.807, 2.05) is 24.3 Å². The molecule has 1 heterocycles. The Morgan fingerprint density at radius 2 is 1.35 bits per heavy atom. The Bertz CT molecular complexity index is 1310. The molecule has 43 heavy (non-hydrogen) atoms. The van der Waals surface area contributed by atoms with E-state index in [0.29, 0.717) is 12.0 Å². The number of rotatable bonds is 18. The molecule has 0 aliphatic rings. The van der Waals surface area contributed by atoms with E-state index >= 15 is 0 Å². The number of thiol groups is 1. The molecule has 0 bridgehead atoms. The number of hydrogen-bond acceptors (Lipinski definition) is 8. The Hall–Kier alpha value is -4.51. The SMILES string of the molecule is NC(N)=NCCCC(NC(=O)C(N)CS)C(=O)NC(CCCN=C(N)N)C(=O)NC(Cc1c[nH]c2ccccc12)C(=O)O.